The molecule has 2 saturated heterocycles. The van der Waals surface area contributed by atoms with E-state index in [9.17, 15) is 13.2 Å². The fourth-order valence-corrected chi connectivity index (χ4v) is 4.49. The average Bonchev–Trinajstić information content (AvgIpc) is 3.40. The quantitative estimate of drug-likeness (QED) is 0.647. The molecule has 1 aliphatic carbocycles. The SMILES string of the molecule is O=C(CNCC1CC1)N1CCN(S(=O)(=O)N2CCOCC2)CC1. The molecule has 3 aliphatic rings. The molecule has 132 valence electrons. The monoisotopic (exact) mass is 346 g/mol. The van der Waals surface area contributed by atoms with E-state index in [0.717, 1.165) is 12.5 Å². The lowest BCUT2D eigenvalue weighted by Crippen LogP contribution is -2.56. The summed E-state index contributed by atoms with van der Waals surface area (Å²) in [6.07, 6.45) is 2.53. The number of nitrogens with zero attached hydrogens (tertiary/aromatic N) is 3. The fourth-order valence-electron chi connectivity index (χ4n) is 2.93. The van der Waals surface area contributed by atoms with Crippen molar-refractivity contribution in [1.82, 2.24) is 18.8 Å². The van der Waals surface area contributed by atoms with Crippen LogP contribution in [-0.4, -0.2) is 93.4 Å². The van der Waals surface area contributed by atoms with Gasteiger partial charge in [-0.15, -0.1) is 0 Å². The third kappa shape index (κ3) is 4.42. The maximum absolute atomic E-state index is 12.6. The summed E-state index contributed by atoms with van der Waals surface area (Å²) in [7, 11) is -3.42. The van der Waals surface area contributed by atoms with Crippen LogP contribution in [0.25, 0.3) is 0 Å². The summed E-state index contributed by atoms with van der Waals surface area (Å²) in [6, 6.07) is 0. The normalized spacial score (nSPS) is 24.8. The Hall–Kier alpha value is -0.740. The molecule has 1 saturated carbocycles. The smallest absolute Gasteiger partial charge is 0.282 e. The van der Waals surface area contributed by atoms with Crippen molar-refractivity contribution in [2.24, 2.45) is 5.92 Å². The molecule has 23 heavy (non-hydrogen) atoms. The van der Waals surface area contributed by atoms with Crippen LogP contribution in [-0.2, 0) is 19.7 Å². The first kappa shape index (κ1) is 17.1. The summed E-state index contributed by atoms with van der Waals surface area (Å²) in [6.45, 7) is 4.65. The Bertz CT molecular complexity index is 509. The number of nitrogens with one attached hydrogen (secondary N) is 1. The lowest BCUT2D eigenvalue weighted by atomic mass is 10.3. The van der Waals surface area contributed by atoms with Gasteiger partial charge in [0, 0.05) is 39.3 Å². The largest absolute Gasteiger partial charge is 0.379 e. The van der Waals surface area contributed by atoms with Gasteiger partial charge in [-0.3, -0.25) is 4.79 Å². The van der Waals surface area contributed by atoms with E-state index in [2.05, 4.69) is 5.32 Å². The Balaban J connectivity index is 1.44. The zero-order chi connectivity index (χ0) is 16.3. The number of hydrogen-bond acceptors (Lipinski definition) is 5. The topological polar surface area (TPSA) is 82.2 Å². The lowest BCUT2D eigenvalue weighted by Gasteiger charge is -2.37. The predicted molar refractivity (Wildman–Crippen MR) is 85.1 cm³/mol. The van der Waals surface area contributed by atoms with E-state index in [4.69, 9.17) is 4.74 Å². The molecule has 3 fully saturated rings. The molecule has 2 heterocycles. The molecule has 1 amide bonds. The fraction of sp³-hybridized carbons (Fsp3) is 0.929. The van der Waals surface area contributed by atoms with Gasteiger partial charge in [0.25, 0.3) is 10.2 Å². The first-order chi connectivity index (χ1) is 11.1. The zero-order valence-corrected chi connectivity index (χ0v) is 14.3. The minimum absolute atomic E-state index is 0.0640. The van der Waals surface area contributed by atoms with Crippen molar-refractivity contribution in [3.8, 4) is 0 Å². The van der Waals surface area contributed by atoms with Crippen molar-refractivity contribution in [2.75, 3.05) is 65.6 Å². The Morgan fingerprint density at radius 1 is 1.00 bits per heavy atom. The van der Waals surface area contributed by atoms with Gasteiger partial charge < -0.3 is 15.0 Å². The highest BCUT2D eigenvalue weighted by molar-refractivity contribution is 7.86. The molecule has 0 aromatic rings. The number of amides is 1. The van der Waals surface area contributed by atoms with E-state index in [1.54, 1.807) is 4.90 Å². The second kappa shape index (κ2) is 7.43. The number of carbonyl (C=O) groups is 1. The van der Waals surface area contributed by atoms with E-state index in [-0.39, 0.29) is 5.91 Å². The van der Waals surface area contributed by atoms with E-state index in [1.807, 2.05) is 0 Å². The number of carbonyl (C=O) groups excluding carboxylic acids is 1. The molecule has 8 nitrogen and oxygen atoms in total. The number of piperazine rings is 1. The molecule has 3 rings (SSSR count). The summed E-state index contributed by atoms with van der Waals surface area (Å²) in [5.74, 6) is 0.812. The van der Waals surface area contributed by atoms with Gasteiger partial charge in [-0.25, -0.2) is 0 Å². The highest BCUT2D eigenvalue weighted by Crippen LogP contribution is 2.27. The number of hydrogen-bond donors (Lipinski definition) is 1. The van der Waals surface area contributed by atoms with Gasteiger partial charge in [-0.2, -0.15) is 17.0 Å². The Labute approximate surface area is 137 Å². The van der Waals surface area contributed by atoms with Crippen LogP contribution >= 0.6 is 0 Å². The summed E-state index contributed by atoms with van der Waals surface area (Å²) < 4.78 is 33.3. The maximum Gasteiger partial charge on any atom is 0.282 e. The maximum atomic E-state index is 12.6. The van der Waals surface area contributed by atoms with Gasteiger partial charge >= 0.3 is 0 Å². The van der Waals surface area contributed by atoms with E-state index < -0.39 is 10.2 Å². The summed E-state index contributed by atoms with van der Waals surface area (Å²) >= 11 is 0. The molecule has 0 aromatic heterocycles. The number of ether oxygens (including phenoxy) is 1. The van der Waals surface area contributed by atoms with Crippen LogP contribution in [0.5, 0.6) is 0 Å². The van der Waals surface area contributed by atoms with Crippen LogP contribution in [0.4, 0.5) is 0 Å². The number of rotatable bonds is 6. The van der Waals surface area contributed by atoms with E-state index in [0.29, 0.717) is 59.0 Å². The predicted octanol–water partition coefficient (Wildman–Crippen LogP) is -1.29. The standard InChI is InChI=1S/C14H26N4O4S/c19-14(12-15-11-13-1-2-13)16-3-5-17(6-4-16)23(20,21)18-7-9-22-10-8-18/h13,15H,1-12H2. The minimum atomic E-state index is -3.42. The van der Waals surface area contributed by atoms with E-state index in [1.165, 1.54) is 21.5 Å². The molecule has 0 aromatic carbocycles. The molecule has 1 N–H and O–H groups in total. The van der Waals surface area contributed by atoms with Crippen molar-refractivity contribution < 1.29 is 17.9 Å². The van der Waals surface area contributed by atoms with Gasteiger partial charge in [-0.1, -0.05) is 0 Å². The molecular formula is C14H26N4O4S. The van der Waals surface area contributed by atoms with Crippen molar-refractivity contribution in [3.63, 3.8) is 0 Å². The highest BCUT2D eigenvalue weighted by Gasteiger charge is 2.34. The lowest BCUT2D eigenvalue weighted by molar-refractivity contribution is -0.131. The van der Waals surface area contributed by atoms with Gasteiger partial charge in [0.2, 0.25) is 5.91 Å². The third-order valence-corrected chi connectivity index (χ3v) is 6.66. The molecule has 0 spiro atoms. The zero-order valence-electron chi connectivity index (χ0n) is 13.4. The summed E-state index contributed by atoms with van der Waals surface area (Å²) in [4.78, 5) is 13.9. The van der Waals surface area contributed by atoms with Crippen molar-refractivity contribution >= 4 is 16.1 Å². The van der Waals surface area contributed by atoms with Gasteiger partial charge in [0.15, 0.2) is 0 Å². The van der Waals surface area contributed by atoms with Crippen molar-refractivity contribution in [2.45, 2.75) is 12.8 Å². The van der Waals surface area contributed by atoms with Crippen molar-refractivity contribution in [1.29, 1.82) is 0 Å². The molecule has 0 atom stereocenters. The third-order valence-electron chi connectivity index (χ3n) is 4.62. The molecule has 2 aliphatic heterocycles. The van der Waals surface area contributed by atoms with Crippen LogP contribution in [0.15, 0.2) is 0 Å². The number of morpholine rings is 1. The Morgan fingerprint density at radius 3 is 2.22 bits per heavy atom. The van der Waals surface area contributed by atoms with Crippen LogP contribution in [0.1, 0.15) is 12.8 Å². The Morgan fingerprint density at radius 2 is 1.61 bits per heavy atom. The van der Waals surface area contributed by atoms with Crippen LogP contribution in [0.3, 0.4) is 0 Å². The highest BCUT2D eigenvalue weighted by atomic mass is 32.2. The van der Waals surface area contributed by atoms with Gasteiger partial charge in [0.1, 0.15) is 0 Å². The molecule has 0 unspecified atom stereocenters. The molecular weight excluding hydrogens is 320 g/mol. The molecule has 0 radical (unpaired) electrons. The van der Waals surface area contributed by atoms with Crippen LogP contribution < -0.4 is 5.32 Å². The molecule has 0 bridgehead atoms. The Kier molecular flexibility index (Phi) is 5.53. The average molecular weight is 346 g/mol. The summed E-state index contributed by atoms with van der Waals surface area (Å²) in [5.41, 5.74) is 0. The first-order valence-electron chi connectivity index (χ1n) is 8.39. The van der Waals surface area contributed by atoms with Crippen LogP contribution in [0, 0.1) is 5.92 Å². The van der Waals surface area contributed by atoms with Gasteiger partial charge in [0.05, 0.1) is 19.8 Å². The van der Waals surface area contributed by atoms with Crippen LogP contribution in [0.2, 0.25) is 0 Å². The van der Waals surface area contributed by atoms with Gasteiger partial charge in [-0.05, 0) is 25.3 Å². The molecule has 9 heteroatoms. The van der Waals surface area contributed by atoms with Crippen molar-refractivity contribution in [3.05, 3.63) is 0 Å². The summed E-state index contributed by atoms with van der Waals surface area (Å²) in [5, 5.41) is 3.19. The minimum Gasteiger partial charge on any atom is -0.379 e. The van der Waals surface area contributed by atoms with E-state index >= 15 is 0 Å². The second-order valence-electron chi connectivity index (χ2n) is 6.37. The second-order valence-corrected chi connectivity index (χ2v) is 8.30. The first-order valence-corrected chi connectivity index (χ1v) is 9.78.